The van der Waals surface area contributed by atoms with Crippen LogP contribution in [0.15, 0.2) is 42.5 Å². The van der Waals surface area contributed by atoms with Crippen LogP contribution in [0, 0.1) is 0 Å². The first-order valence-electron chi connectivity index (χ1n) is 4.73. The molecule has 0 saturated carbocycles. The summed E-state index contributed by atoms with van der Waals surface area (Å²) in [4.78, 5) is 18.4. The molecule has 0 aliphatic rings. The molecule has 0 heterocycles. The van der Waals surface area contributed by atoms with Crippen molar-refractivity contribution < 1.29 is 9.79 Å². The molecule has 2 rings (SSSR count). The van der Waals surface area contributed by atoms with Crippen molar-refractivity contribution >= 4 is 39.7 Å². The van der Waals surface area contributed by atoms with Gasteiger partial charge in [0.1, 0.15) is 0 Å². The maximum absolute atomic E-state index is 9.20. The van der Waals surface area contributed by atoms with E-state index in [2.05, 4.69) is 11.8 Å². The minimum absolute atomic E-state index is 0.533. The molecule has 84 valence electrons. The second kappa shape index (κ2) is 4.86. The molecular formula is C11H11O2PS2. The van der Waals surface area contributed by atoms with E-state index in [4.69, 9.17) is 0 Å². The van der Waals surface area contributed by atoms with Crippen molar-refractivity contribution in [2.75, 3.05) is 0 Å². The zero-order valence-electron chi connectivity index (χ0n) is 8.41. The lowest BCUT2D eigenvalue weighted by Gasteiger charge is -2.08. The Hall–Kier alpha value is -0.380. The zero-order chi connectivity index (χ0) is 11.6. The molecule has 0 saturated heterocycles. The van der Waals surface area contributed by atoms with E-state index >= 15 is 0 Å². The van der Waals surface area contributed by atoms with Gasteiger partial charge in [0, 0.05) is 5.75 Å². The van der Waals surface area contributed by atoms with Crippen LogP contribution in [0.5, 0.6) is 0 Å². The van der Waals surface area contributed by atoms with E-state index < -0.39 is 5.69 Å². The number of hydrogen-bond acceptors (Lipinski definition) is 2. The Bertz CT molecular complexity index is 545. The third kappa shape index (κ3) is 3.06. The van der Waals surface area contributed by atoms with Gasteiger partial charge in [-0.25, -0.2) is 0 Å². The van der Waals surface area contributed by atoms with Crippen molar-refractivity contribution in [3.05, 3.63) is 48.0 Å². The van der Waals surface area contributed by atoms with Crippen LogP contribution in [0.25, 0.3) is 10.8 Å². The first kappa shape index (κ1) is 12.1. The first-order chi connectivity index (χ1) is 7.56. The van der Waals surface area contributed by atoms with Crippen molar-refractivity contribution in [3.8, 4) is 0 Å². The second-order valence-electron chi connectivity index (χ2n) is 3.40. The largest absolute Gasteiger partial charge is 0.338 e. The van der Waals surface area contributed by atoms with Gasteiger partial charge < -0.3 is 9.79 Å². The molecule has 5 heteroatoms. The Labute approximate surface area is 103 Å². The Morgan fingerprint density at radius 1 is 1.06 bits per heavy atom. The molecule has 0 spiro atoms. The molecule has 0 atom stereocenters. The van der Waals surface area contributed by atoms with Gasteiger partial charge in [-0.15, -0.1) is 0 Å². The lowest BCUT2D eigenvalue weighted by molar-refractivity contribution is 0.502. The average Bonchev–Trinajstić information content (AvgIpc) is 2.25. The summed E-state index contributed by atoms with van der Waals surface area (Å²) in [6, 6.07) is 14.0. The van der Waals surface area contributed by atoms with Gasteiger partial charge in [-0.2, -0.15) is 0 Å². The van der Waals surface area contributed by atoms with Gasteiger partial charge in [0.25, 0.3) is 0 Å². The highest BCUT2D eigenvalue weighted by Gasteiger charge is 2.09. The highest BCUT2D eigenvalue weighted by Crippen LogP contribution is 2.52. The topological polar surface area (TPSA) is 40.5 Å². The Kier molecular flexibility index (Phi) is 3.67. The third-order valence-electron chi connectivity index (χ3n) is 2.27. The predicted molar refractivity (Wildman–Crippen MR) is 74.0 cm³/mol. The standard InChI is InChI=1S/C11H11O2PS2/c12-14(13,15)16-8-10-6-3-5-9-4-1-2-7-11(9)10/h1-7H,8H2,(H2,12,13,15). The average molecular weight is 270 g/mol. The maximum Gasteiger partial charge on any atom is 0.242 e. The van der Waals surface area contributed by atoms with E-state index in [-0.39, 0.29) is 0 Å². The van der Waals surface area contributed by atoms with Gasteiger partial charge in [0.05, 0.1) is 0 Å². The molecule has 2 aromatic carbocycles. The molecular weight excluding hydrogens is 259 g/mol. The first-order valence-corrected chi connectivity index (χ1v) is 9.03. The fraction of sp³-hybridized carbons (Fsp3) is 0.0909. The van der Waals surface area contributed by atoms with Crippen molar-refractivity contribution in [1.82, 2.24) is 0 Å². The van der Waals surface area contributed by atoms with Crippen LogP contribution in [-0.2, 0) is 17.6 Å². The lowest BCUT2D eigenvalue weighted by atomic mass is 10.1. The predicted octanol–water partition coefficient (Wildman–Crippen LogP) is 3.28. The van der Waals surface area contributed by atoms with Crippen LogP contribution in [0.2, 0.25) is 0 Å². The third-order valence-corrected chi connectivity index (χ3v) is 5.39. The Morgan fingerprint density at radius 3 is 2.50 bits per heavy atom. The van der Waals surface area contributed by atoms with E-state index in [1.807, 2.05) is 42.5 Å². The number of rotatable bonds is 3. The van der Waals surface area contributed by atoms with Gasteiger partial charge in [0.15, 0.2) is 0 Å². The number of hydrogen-bond donors (Lipinski definition) is 2. The molecule has 16 heavy (non-hydrogen) atoms. The number of benzene rings is 2. The normalized spacial score (nSPS) is 11.9. The second-order valence-corrected chi connectivity index (χ2v) is 9.45. The van der Waals surface area contributed by atoms with Crippen molar-refractivity contribution in [2.24, 2.45) is 0 Å². The molecule has 2 nitrogen and oxygen atoms in total. The maximum atomic E-state index is 9.20. The van der Waals surface area contributed by atoms with Crippen molar-refractivity contribution in [3.63, 3.8) is 0 Å². The van der Waals surface area contributed by atoms with Crippen molar-refractivity contribution in [1.29, 1.82) is 0 Å². The van der Waals surface area contributed by atoms with Gasteiger partial charge in [0.2, 0.25) is 5.69 Å². The molecule has 0 unspecified atom stereocenters. The lowest BCUT2D eigenvalue weighted by Crippen LogP contribution is -1.83. The Balaban J connectivity index is 2.34. The van der Waals surface area contributed by atoms with Crippen LogP contribution in [0.4, 0.5) is 0 Å². The minimum atomic E-state index is -3.16. The number of fused-ring (bicyclic) bond motifs is 1. The fourth-order valence-electron chi connectivity index (χ4n) is 1.57. The van der Waals surface area contributed by atoms with Crippen LogP contribution in [0.3, 0.4) is 0 Å². The van der Waals surface area contributed by atoms with Crippen LogP contribution < -0.4 is 0 Å². The smallest absolute Gasteiger partial charge is 0.242 e. The van der Waals surface area contributed by atoms with Gasteiger partial charge in [-0.3, -0.25) is 0 Å². The van der Waals surface area contributed by atoms with Crippen LogP contribution in [0.1, 0.15) is 5.56 Å². The van der Waals surface area contributed by atoms with E-state index in [0.717, 1.165) is 27.7 Å². The van der Waals surface area contributed by atoms with E-state index in [0.29, 0.717) is 5.75 Å². The summed E-state index contributed by atoms with van der Waals surface area (Å²) in [6.07, 6.45) is 0. The molecule has 0 aliphatic carbocycles. The Morgan fingerprint density at radius 2 is 1.75 bits per heavy atom. The summed E-state index contributed by atoms with van der Waals surface area (Å²) in [5.74, 6) is 0.533. The van der Waals surface area contributed by atoms with Gasteiger partial charge in [-0.1, -0.05) is 53.8 Å². The quantitative estimate of drug-likeness (QED) is 0.840. The van der Waals surface area contributed by atoms with Crippen LogP contribution >= 0.6 is 17.1 Å². The summed E-state index contributed by atoms with van der Waals surface area (Å²) in [5, 5.41) is 2.30. The zero-order valence-corrected chi connectivity index (χ0v) is 10.9. The van der Waals surface area contributed by atoms with E-state index in [9.17, 15) is 9.79 Å². The molecule has 2 N–H and O–H groups in total. The van der Waals surface area contributed by atoms with Crippen LogP contribution in [-0.4, -0.2) is 9.79 Å². The van der Waals surface area contributed by atoms with E-state index in [1.165, 1.54) is 0 Å². The summed E-state index contributed by atoms with van der Waals surface area (Å²) in [5.41, 5.74) is -2.08. The highest BCUT2D eigenvalue weighted by atomic mass is 32.9. The van der Waals surface area contributed by atoms with E-state index in [1.54, 1.807) is 0 Å². The molecule has 0 bridgehead atoms. The molecule has 0 aromatic heterocycles. The summed E-state index contributed by atoms with van der Waals surface area (Å²) in [7, 11) is 0. The molecule has 0 aliphatic heterocycles. The fourth-order valence-corrected chi connectivity index (χ4v) is 3.53. The summed E-state index contributed by atoms with van der Waals surface area (Å²) in [6.45, 7) is 0. The SMILES string of the molecule is OP(O)(=S)SCc1cccc2ccccc12. The molecule has 2 aromatic rings. The summed E-state index contributed by atoms with van der Waals surface area (Å²) >= 11 is 5.63. The highest BCUT2D eigenvalue weighted by molar-refractivity contribution is 8.67. The summed E-state index contributed by atoms with van der Waals surface area (Å²) < 4.78 is 0. The monoisotopic (exact) mass is 270 g/mol. The molecule has 0 fully saturated rings. The molecule has 0 amide bonds. The van der Waals surface area contributed by atoms with Crippen molar-refractivity contribution in [2.45, 2.75) is 5.75 Å². The van der Waals surface area contributed by atoms with Gasteiger partial charge >= 0.3 is 0 Å². The minimum Gasteiger partial charge on any atom is -0.338 e. The van der Waals surface area contributed by atoms with Gasteiger partial charge in [-0.05, 0) is 28.1 Å². The molecule has 0 radical (unpaired) electrons.